The number of ether oxygens (including phenoxy) is 1. The maximum Gasteiger partial charge on any atom is 0.341 e. The van der Waals surface area contributed by atoms with Crippen LogP contribution in [0.25, 0.3) is 5.69 Å². The number of aryl methyl sites for hydroxylation is 1. The molecule has 8 heteroatoms. The van der Waals surface area contributed by atoms with Crippen molar-refractivity contribution in [3.63, 3.8) is 0 Å². The maximum atomic E-state index is 13.2. The Morgan fingerprint density at radius 3 is 2.39 bits per heavy atom. The number of amides is 1. The highest BCUT2D eigenvalue weighted by Gasteiger charge is 2.25. The summed E-state index contributed by atoms with van der Waals surface area (Å²) < 4.78 is 6.97. The van der Waals surface area contributed by atoms with Gasteiger partial charge in [-0.05, 0) is 37.3 Å². The third-order valence-electron chi connectivity index (χ3n) is 5.16. The zero-order valence-electron chi connectivity index (χ0n) is 17.3. The van der Waals surface area contributed by atoms with E-state index in [2.05, 4.69) is 10.00 Å². The van der Waals surface area contributed by atoms with E-state index in [-0.39, 0.29) is 12.5 Å². The van der Waals surface area contributed by atoms with Crippen LogP contribution in [0.15, 0.2) is 60.7 Å². The minimum atomic E-state index is -1.01. The van der Waals surface area contributed by atoms with Gasteiger partial charge in [-0.2, -0.15) is 5.10 Å². The van der Waals surface area contributed by atoms with Crippen molar-refractivity contribution in [2.75, 3.05) is 37.7 Å². The van der Waals surface area contributed by atoms with E-state index in [1.807, 2.05) is 66.4 Å². The molecule has 0 aliphatic carbocycles. The number of aliphatic carboxylic acids is 1. The number of hydrogen-bond donors (Lipinski definition) is 1. The topological polar surface area (TPSA) is 87.9 Å². The van der Waals surface area contributed by atoms with Crippen LogP contribution in [0.1, 0.15) is 16.2 Å². The van der Waals surface area contributed by atoms with Gasteiger partial charge < -0.3 is 19.6 Å². The lowest BCUT2D eigenvalue weighted by Crippen LogP contribution is -2.49. The van der Waals surface area contributed by atoms with Crippen molar-refractivity contribution < 1.29 is 19.4 Å². The number of carboxylic acid groups (broad SMARTS) is 1. The van der Waals surface area contributed by atoms with E-state index < -0.39 is 5.97 Å². The van der Waals surface area contributed by atoms with Crippen LogP contribution in [0, 0.1) is 6.92 Å². The third-order valence-corrected chi connectivity index (χ3v) is 5.16. The monoisotopic (exact) mass is 420 g/mol. The van der Waals surface area contributed by atoms with Crippen molar-refractivity contribution in [1.29, 1.82) is 0 Å². The zero-order valence-corrected chi connectivity index (χ0v) is 17.3. The van der Waals surface area contributed by atoms with Gasteiger partial charge in [0.15, 0.2) is 6.61 Å². The molecule has 1 amide bonds. The van der Waals surface area contributed by atoms with Crippen molar-refractivity contribution in [2.24, 2.45) is 0 Å². The molecule has 0 atom stereocenters. The van der Waals surface area contributed by atoms with Crippen LogP contribution in [-0.2, 0) is 4.79 Å². The van der Waals surface area contributed by atoms with Gasteiger partial charge in [-0.15, -0.1) is 0 Å². The molecular formula is C23H24N4O4. The Bertz CT molecular complexity index is 1070. The van der Waals surface area contributed by atoms with Gasteiger partial charge in [0.25, 0.3) is 5.91 Å². The van der Waals surface area contributed by atoms with E-state index in [1.54, 1.807) is 10.7 Å². The molecule has 1 N–H and O–H groups in total. The van der Waals surface area contributed by atoms with E-state index in [0.717, 1.165) is 17.1 Å². The van der Waals surface area contributed by atoms with Gasteiger partial charge in [0.2, 0.25) is 0 Å². The molecule has 1 aliphatic rings. The molecule has 0 unspecified atom stereocenters. The highest BCUT2D eigenvalue weighted by molar-refractivity contribution is 5.93. The fourth-order valence-corrected chi connectivity index (χ4v) is 3.66. The molecule has 0 spiro atoms. The molecule has 3 aromatic rings. The first-order valence-corrected chi connectivity index (χ1v) is 10.1. The number of nitrogens with zero attached hydrogens (tertiary/aromatic N) is 4. The highest BCUT2D eigenvalue weighted by atomic mass is 16.5. The number of hydrogen-bond acceptors (Lipinski definition) is 5. The Kier molecular flexibility index (Phi) is 5.88. The lowest BCUT2D eigenvalue weighted by molar-refractivity contribution is -0.139. The Morgan fingerprint density at radius 2 is 1.68 bits per heavy atom. The fourth-order valence-electron chi connectivity index (χ4n) is 3.66. The minimum Gasteiger partial charge on any atom is -0.482 e. The number of anilines is 1. The van der Waals surface area contributed by atoms with Gasteiger partial charge in [-0.25, -0.2) is 9.48 Å². The summed E-state index contributed by atoms with van der Waals surface area (Å²) in [5.74, 6) is -0.536. The summed E-state index contributed by atoms with van der Waals surface area (Å²) in [6.45, 7) is 4.02. The van der Waals surface area contributed by atoms with Crippen LogP contribution in [0.5, 0.6) is 5.75 Å². The van der Waals surface area contributed by atoms with Crippen molar-refractivity contribution >= 4 is 17.6 Å². The molecule has 2 aromatic carbocycles. The maximum absolute atomic E-state index is 13.2. The van der Waals surface area contributed by atoms with Gasteiger partial charge >= 0.3 is 5.97 Å². The Morgan fingerprint density at radius 1 is 0.968 bits per heavy atom. The van der Waals surface area contributed by atoms with E-state index in [4.69, 9.17) is 9.84 Å². The average Bonchev–Trinajstić information content (AvgIpc) is 3.20. The van der Waals surface area contributed by atoms with Crippen molar-refractivity contribution in [3.8, 4) is 11.4 Å². The van der Waals surface area contributed by atoms with E-state index >= 15 is 0 Å². The molecule has 160 valence electrons. The van der Waals surface area contributed by atoms with Gasteiger partial charge in [-0.3, -0.25) is 4.79 Å². The lowest BCUT2D eigenvalue weighted by atomic mass is 10.2. The molecule has 8 nitrogen and oxygen atoms in total. The first kappa shape index (κ1) is 20.5. The molecule has 1 saturated heterocycles. The Balaban J connectivity index is 1.44. The number of carbonyl (C=O) groups excluding carboxylic acids is 1. The highest BCUT2D eigenvalue weighted by Crippen LogP contribution is 2.23. The van der Waals surface area contributed by atoms with Crippen LogP contribution >= 0.6 is 0 Å². The molecule has 2 heterocycles. The molecule has 0 bridgehead atoms. The van der Waals surface area contributed by atoms with Crippen LogP contribution in [0.3, 0.4) is 0 Å². The quantitative estimate of drug-likeness (QED) is 0.660. The second-order valence-electron chi connectivity index (χ2n) is 7.38. The molecule has 4 rings (SSSR count). The largest absolute Gasteiger partial charge is 0.482 e. The molecular weight excluding hydrogens is 396 g/mol. The molecule has 1 aromatic heterocycles. The van der Waals surface area contributed by atoms with Crippen LogP contribution in [0.2, 0.25) is 0 Å². The minimum absolute atomic E-state index is 0.0392. The van der Waals surface area contributed by atoms with E-state index in [0.29, 0.717) is 37.6 Å². The predicted octanol–water partition coefficient (Wildman–Crippen LogP) is 2.61. The second-order valence-corrected chi connectivity index (χ2v) is 7.38. The van der Waals surface area contributed by atoms with Crippen molar-refractivity contribution in [1.82, 2.24) is 14.7 Å². The van der Waals surface area contributed by atoms with Gasteiger partial charge in [0.1, 0.15) is 11.4 Å². The Labute approximate surface area is 180 Å². The summed E-state index contributed by atoms with van der Waals surface area (Å²) in [5, 5.41) is 13.3. The van der Waals surface area contributed by atoms with Crippen LogP contribution in [0.4, 0.5) is 5.69 Å². The molecule has 1 fully saturated rings. The number of carbonyl (C=O) groups is 2. The number of aromatic nitrogens is 2. The second kappa shape index (κ2) is 8.91. The van der Waals surface area contributed by atoms with E-state index in [9.17, 15) is 9.59 Å². The summed E-state index contributed by atoms with van der Waals surface area (Å²) in [7, 11) is 0. The molecule has 0 radical (unpaired) electrons. The standard InChI is InChI=1S/C23H24N4O4/c1-17-14-21(27(24-17)18-6-3-2-4-7-18)23(30)26-12-10-25(11-13-26)19-8-5-9-20(15-19)31-16-22(28)29/h2-9,14-15H,10-13,16H2,1H3,(H,28,29). The molecule has 1 aliphatic heterocycles. The lowest BCUT2D eigenvalue weighted by Gasteiger charge is -2.36. The first-order valence-electron chi connectivity index (χ1n) is 10.1. The number of piperazine rings is 1. The molecule has 31 heavy (non-hydrogen) atoms. The van der Waals surface area contributed by atoms with E-state index in [1.165, 1.54) is 0 Å². The SMILES string of the molecule is Cc1cc(C(=O)N2CCN(c3cccc(OCC(=O)O)c3)CC2)n(-c2ccccc2)n1. The number of carboxylic acids is 1. The summed E-state index contributed by atoms with van der Waals surface area (Å²) in [6.07, 6.45) is 0. The zero-order chi connectivity index (χ0) is 21.8. The van der Waals surface area contributed by atoms with Gasteiger partial charge in [-0.1, -0.05) is 24.3 Å². The number of para-hydroxylation sites is 1. The average molecular weight is 420 g/mol. The molecule has 0 saturated carbocycles. The normalized spacial score (nSPS) is 13.8. The van der Waals surface area contributed by atoms with Crippen molar-refractivity contribution in [2.45, 2.75) is 6.92 Å². The van der Waals surface area contributed by atoms with Gasteiger partial charge in [0.05, 0.1) is 11.4 Å². The summed E-state index contributed by atoms with van der Waals surface area (Å²) >= 11 is 0. The number of benzene rings is 2. The predicted molar refractivity (Wildman–Crippen MR) is 116 cm³/mol. The van der Waals surface area contributed by atoms with Crippen molar-refractivity contribution in [3.05, 3.63) is 72.1 Å². The summed E-state index contributed by atoms with van der Waals surface area (Å²) in [4.78, 5) is 27.9. The number of rotatable bonds is 6. The van der Waals surface area contributed by atoms with Crippen LogP contribution < -0.4 is 9.64 Å². The summed E-state index contributed by atoms with van der Waals surface area (Å²) in [5.41, 5.74) is 3.15. The Hall–Kier alpha value is -3.81. The smallest absolute Gasteiger partial charge is 0.341 e. The van der Waals surface area contributed by atoms with Gasteiger partial charge in [0, 0.05) is 37.9 Å². The summed E-state index contributed by atoms with van der Waals surface area (Å²) in [6, 6.07) is 18.8. The fraction of sp³-hybridized carbons (Fsp3) is 0.261. The third kappa shape index (κ3) is 4.69. The first-order chi connectivity index (χ1) is 15.0. The van der Waals surface area contributed by atoms with Crippen LogP contribution in [-0.4, -0.2) is 64.4 Å².